The Balaban J connectivity index is 1.66. The fraction of sp³-hybridized carbons (Fsp3) is 0.400. The maximum absolute atomic E-state index is 12.2. The summed E-state index contributed by atoms with van der Waals surface area (Å²) in [5.74, 6) is 0.180. The van der Waals surface area contributed by atoms with Gasteiger partial charge in [-0.2, -0.15) is 5.10 Å². The van der Waals surface area contributed by atoms with E-state index in [1.54, 1.807) is 23.1 Å². The van der Waals surface area contributed by atoms with Gasteiger partial charge in [-0.05, 0) is 19.1 Å². The lowest BCUT2D eigenvalue weighted by Crippen LogP contribution is -2.46. The molecule has 2 aromatic rings. The van der Waals surface area contributed by atoms with Gasteiger partial charge in [0.25, 0.3) is 11.5 Å². The van der Waals surface area contributed by atoms with E-state index in [4.69, 9.17) is 9.47 Å². The van der Waals surface area contributed by atoms with Gasteiger partial charge < -0.3 is 19.8 Å². The first kappa shape index (κ1) is 15.3. The van der Waals surface area contributed by atoms with Gasteiger partial charge in [0, 0.05) is 12.7 Å². The van der Waals surface area contributed by atoms with Crippen LogP contribution in [0.1, 0.15) is 17.3 Å². The highest BCUT2D eigenvalue weighted by atomic mass is 16.5. The van der Waals surface area contributed by atoms with Gasteiger partial charge in [0.05, 0.1) is 31.6 Å². The Kier molecular flexibility index (Phi) is 4.42. The second kappa shape index (κ2) is 6.66. The maximum Gasteiger partial charge on any atom is 0.260 e. The molecule has 3 rings (SSSR count). The van der Waals surface area contributed by atoms with Crippen LogP contribution in [-0.4, -0.2) is 46.0 Å². The first-order valence-electron chi connectivity index (χ1n) is 7.43. The summed E-state index contributed by atoms with van der Waals surface area (Å²) in [6.07, 6.45) is 4.58. The Morgan fingerprint density at radius 2 is 2.43 bits per heavy atom. The second-order valence-electron chi connectivity index (χ2n) is 5.22. The molecule has 8 nitrogen and oxygen atoms in total. The van der Waals surface area contributed by atoms with E-state index < -0.39 is 11.5 Å². The maximum atomic E-state index is 12.2. The topological polar surface area (TPSA) is 98.2 Å². The van der Waals surface area contributed by atoms with E-state index in [0.717, 1.165) is 6.54 Å². The van der Waals surface area contributed by atoms with Crippen LogP contribution < -0.4 is 15.6 Å². The van der Waals surface area contributed by atoms with Crippen LogP contribution in [0, 0.1) is 0 Å². The summed E-state index contributed by atoms with van der Waals surface area (Å²) in [5.41, 5.74) is -0.359. The summed E-state index contributed by atoms with van der Waals surface area (Å²) in [6, 6.07) is 2.76. The SMILES string of the molecule is CCn1cc(O[C@@H]2COC[C@@H]2NC(=O)c2ccc[nH]c2=O)cn1. The van der Waals surface area contributed by atoms with Crippen LogP contribution in [-0.2, 0) is 11.3 Å². The number of carbonyl (C=O) groups is 1. The predicted octanol–water partition coefficient (Wildman–Crippen LogP) is 0.167. The van der Waals surface area contributed by atoms with E-state index in [9.17, 15) is 9.59 Å². The van der Waals surface area contributed by atoms with Crippen molar-refractivity contribution in [1.82, 2.24) is 20.1 Å². The lowest BCUT2D eigenvalue weighted by atomic mass is 10.2. The smallest absolute Gasteiger partial charge is 0.260 e. The quantitative estimate of drug-likeness (QED) is 0.819. The fourth-order valence-corrected chi connectivity index (χ4v) is 2.39. The molecule has 23 heavy (non-hydrogen) atoms. The number of carbonyl (C=O) groups excluding carboxylic acids is 1. The molecule has 2 N–H and O–H groups in total. The Morgan fingerprint density at radius 3 is 3.17 bits per heavy atom. The summed E-state index contributed by atoms with van der Waals surface area (Å²) in [4.78, 5) is 26.3. The number of pyridine rings is 1. The predicted molar refractivity (Wildman–Crippen MR) is 81.5 cm³/mol. The second-order valence-corrected chi connectivity index (χ2v) is 5.22. The summed E-state index contributed by atoms with van der Waals surface area (Å²) in [6.45, 7) is 3.44. The zero-order valence-electron chi connectivity index (χ0n) is 12.7. The zero-order valence-corrected chi connectivity index (χ0v) is 12.7. The van der Waals surface area contributed by atoms with Crippen molar-refractivity contribution in [2.24, 2.45) is 0 Å². The van der Waals surface area contributed by atoms with Crippen LogP contribution in [0.2, 0.25) is 0 Å². The standard InChI is InChI=1S/C15H18N4O4/c1-2-19-7-10(6-17-19)23-13-9-22-8-12(13)18-15(21)11-4-3-5-16-14(11)20/h3-7,12-13H,2,8-9H2,1H3,(H,16,20)(H,18,21)/t12-,13+/m0/s1. The summed E-state index contributed by atoms with van der Waals surface area (Å²) >= 11 is 0. The molecule has 122 valence electrons. The van der Waals surface area contributed by atoms with Crippen LogP contribution in [0.15, 0.2) is 35.5 Å². The third-order valence-corrected chi connectivity index (χ3v) is 3.63. The highest BCUT2D eigenvalue weighted by Gasteiger charge is 2.32. The third-order valence-electron chi connectivity index (χ3n) is 3.63. The molecule has 0 saturated carbocycles. The molecule has 1 saturated heterocycles. The average molecular weight is 318 g/mol. The Morgan fingerprint density at radius 1 is 1.57 bits per heavy atom. The minimum Gasteiger partial charge on any atom is -0.482 e. The van der Waals surface area contributed by atoms with Gasteiger partial charge in [-0.25, -0.2) is 0 Å². The highest BCUT2D eigenvalue weighted by Crippen LogP contribution is 2.16. The van der Waals surface area contributed by atoms with Gasteiger partial charge in [0.2, 0.25) is 0 Å². The monoisotopic (exact) mass is 318 g/mol. The molecule has 0 bridgehead atoms. The fourth-order valence-electron chi connectivity index (χ4n) is 2.39. The number of nitrogens with zero attached hydrogens (tertiary/aromatic N) is 2. The molecule has 3 heterocycles. The number of hydrogen-bond acceptors (Lipinski definition) is 5. The van der Waals surface area contributed by atoms with Crippen molar-refractivity contribution in [1.29, 1.82) is 0 Å². The molecule has 0 spiro atoms. The van der Waals surface area contributed by atoms with Crippen molar-refractivity contribution in [2.45, 2.75) is 25.6 Å². The number of hydrogen-bond donors (Lipinski definition) is 2. The molecule has 2 aromatic heterocycles. The first-order valence-corrected chi connectivity index (χ1v) is 7.43. The molecule has 2 atom stereocenters. The molecule has 0 aliphatic carbocycles. The summed E-state index contributed by atoms with van der Waals surface area (Å²) in [7, 11) is 0. The van der Waals surface area contributed by atoms with Gasteiger partial charge in [-0.15, -0.1) is 0 Å². The van der Waals surface area contributed by atoms with E-state index >= 15 is 0 Å². The van der Waals surface area contributed by atoms with E-state index in [1.165, 1.54) is 12.3 Å². The largest absolute Gasteiger partial charge is 0.482 e. The zero-order chi connectivity index (χ0) is 16.2. The molecule has 1 amide bonds. The lowest BCUT2D eigenvalue weighted by molar-refractivity contribution is 0.0902. The number of H-pyrrole nitrogens is 1. The number of rotatable bonds is 5. The third kappa shape index (κ3) is 3.42. The first-order chi connectivity index (χ1) is 11.2. The van der Waals surface area contributed by atoms with Crippen molar-refractivity contribution in [2.75, 3.05) is 13.2 Å². The molecule has 1 aliphatic rings. The molecule has 1 aliphatic heterocycles. The minimum absolute atomic E-state index is 0.0666. The van der Waals surface area contributed by atoms with Gasteiger partial charge in [-0.1, -0.05) is 0 Å². The van der Waals surface area contributed by atoms with Crippen molar-refractivity contribution >= 4 is 5.91 Å². The van der Waals surface area contributed by atoms with Crippen LogP contribution in [0.5, 0.6) is 5.75 Å². The molecular formula is C15H18N4O4. The molecular weight excluding hydrogens is 300 g/mol. The van der Waals surface area contributed by atoms with Gasteiger partial charge in [-0.3, -0.25) is 14.3 Å². The molecule has 8 heteroatoms. The number of amides is 1. The normalized spacial score (nSPS) is 20.4. The highest BCUT2D eigenvalue weighted by molar-refractivity contribution is 5.94. The van der Waals surface area contributed by atoms with Crippen molar-refractivity contribution in [3.8, 4) is 5.75 Å². The van der Waals surface area contributed by atoms with Crippen LogP contribution >= 0.6 is 0 Å². The number of aromatic amines is 1. The van der Waals surface area contributed by atoms with E-state index in [2.05, 4.69) is 15.4 Å². The lowest BCUT2D eigenvalue weighted by Gasteiger charge is -2.19. The van der Waals surface area contributed by atoms with E-state index in [-0.39, 0.29) is 17.7 Å². The summed E-state index contributed by atoms with van der Waals surface area (Å²) < 4.78 is 13.0. The van der Waals surface area contributed by atoms with E-state index in [1.807, 2.05) is 6.92 Å². The van der Waals surface area contributed by atoms with Gasteiger partial charge >= 0.3 is 0 Å². The molecule has 0 aromatic carbocycles. The van der Waals surface area contributed by atoms with Crippen LogP contribution in [0.25, 0.3) is 0 Å². The summed E-state index contributed by atoms with van der Waals surface area (Å²) in [5, 5.41) is 6.93. The number of ether oxygens (including phenoxy) is 2. The number of aryl methyl sites for hydroxylation is 1. The van der Waals surface area contributed by atoms with Gasteiger partial charge in [0.15, 0.2) is 5.75 Å². The molecule has 0 unspecified atom stereocenters. The van der Waals surface area contributed by atoms with Crippen molar-refractivity contribution in [3.05, 3.63) is 46.6 Å². The molecule has 1 fully saturated rings. The Labute approximate surface area is 132 Å². The number of nitrogens with one attached hydrogen (secondary N) is 2. The van der Waals surface area contributed by atoms with Gasteiger partial charge in [0.1, 0.15) is 11.7 Å². The van der Waals surface area contributed by atoms with Crippen LogP contribution in [0.4, 0.5) is 0 Å². The minimum atomic E-state index is -0.444. The van der Waals surface area contributed by atoms with E-state index in [0.29, 0.717) is 19.0 Å². The van der Waals surface area contributed by atoms with Crippen molar-refractivity contribution in [3.63, 3.8) is 0 Å². The van der Waals surface area contributed by atoms with Crippen molar-refractivity contribution < 1.29 is 14.3 Å². The Bertz CT molecular complexity index is 739. The molecule has 0 radical (unpaired) electrons. The average Bonchev–Trinajstić information content (AvgIpc) is 3.18. The number of aromatic nitrogens is 3. The Hall–Kier alpha value is -2.61. The van der Waals surface area contributed by atoms with Crippen LogP contribution in [0.3, 0.4) is 0 Å².